The van der Waals surface area contributed by atoms with Crippen LogP contribution in [-0.2, 0) is 6.42 Å². The lowest BCUT2D eigenvalue weighted by atomic mass is 9.70. The standard InChI is InChI=1S/C15H18ClFO/c16-13-6-11(2-4-14(13)17)8-15(9-18)7-10-1-3-12(15)5-10/h2,4,6,10,12,18H,1,3,5,7-9H2. The van der Waals surface area contributed by atoms with Gasteiger partial charge in [-0.3, -0.25) is 0 Å². The Labute approximate surface area is 112 Å². The van der Waals surface area contributed by atoms with Crippen LogP contribution in [0.4, 0.5) is 4.39 Å². The molecular weight excluding hydrogens is 251 g/mol. The van der Waals surface area contributed by atoms with Gasteiger partial charge in [0.2, 0.25) is 0 Å². The monoisotopic (exact) mass is 268 g/mol. The minimum atomic E-state index is -0.369. The Bertz CT molecular complexity index is 462. The van der Waals surface area contributed by atoms with Crippen molar-refractivity contribution in [3.05, 3.63) is 34.6 Å². The highest BCUT2D eigenvalue weighted by molar-refractivity contribution is 6.30. The van der Waals surface area contributed by atoms with Crippen molar-refractivity contribution < 1.29 is 9.50 Å². The summed E-state index contributed by atoms with van der Waals surface area (Å²) < 4.78 is 13.2. The van der Waals surface area contributed by atoms with E-state index in [1.807, 2.05) is 0 Å². The highest BCUT2D eigenvalue weighted by atomic mass is 35.5. The maximum atomic E-state index is 13.2. The van der Waals surface area contributed by atoms with Crippen LogP contribution in [0.3, 0.4) is 0 Å². The number of fused-ring (bicyclic) bond motifs is 2. The molecule has 3 heteroatoms. The van der Waals surface area contributed by atoms with Crippen molar-refractivity contribution in [3.8, 4) is 0 Å². The Balaban J connectivity index is 1.84. The first-order chi connectivity index (χ1) is 8.63. The maximum absolute atomic E-state index is 13.2. The number of rotatable bonds is 3. The molecule has 2 saturated carbocycles. The molecule has 3 unspecified atom stereocenters. The fraction of sp³-hybridized carbons (Fsp3) is 0.600. The summed E-state index contributed by atoms with van der Waals surface area (Å²) in [5.74, 6) is 1.06. The molecule has 3 rings (SSSR count). The van der Waals surface area contributed by atoms with Gasteiger partial charge in [-0.1, -0.05) is 24.1 Å². The van der Waals surface area contributed by atoms with Crippen molar-refractivity contribution in [1.82, 2.24) is 0 Å². The predicted molar refractivity (Wildman–Crippen MR) is 70.1 cm³/mol. The predicted octanol–water partition coefficient (Wildman–Crippen LogP) is 3.82. The molecule has 1 N–H and O–H groups in total. The molecule has 2 bridgehead atoms. The third-order valence-electron chi connectivity index (χ3n) is 4.96. The summed E-state index contributed by atoms with van der Waals surface area (Å²) in [7, 11) is 0. The molecule has 3 atom stereocenters. The zero-order valence-electron chi connectivity index (χ0n) is 10.3. The van der Waals surface area contributed by atoms with Gasteiger partial charge in [0.15, 0.2) is 0 Å². The van der Waals surface area contributed by atoms with Crippen molar-refractivity contribution in [2.24, 2.45) is 17.3 Å². The summed E-state index contributed by atoms with van der Waals surface area (Å²) in [4.78, 5) is 0. The van der Waals surface area contributed by atoms with Gasteiger partial charge in [-0.05, 0) is 55.2 Å². The van der Waals surface area contributed by atoms with Crippen LogP contribution >= 0.6 is 11.6 Å². The average molecular weight is 269 g/mol. The first-order valence-corrected chi connectivity index (χ1v) is 7.05. The molecule has 0 heterocycles. The smallest absolute Gasteiger partial charge is 0.141 e. The van der Waals surface area contributed by atoms with E-state index in [1.54, 1.807) is 12.1 Å². The van der Waals surface area contributed by atoms with E-state index in [0.29, 0.717) is 5.92 Å². The highest BCUT2D eigenvalue weighted by Crippen LogP contribution is 2.57. The van der Waals surface area contributed by atoms with Crippen LogP contribution in [-0.4, -0.2) is 11.7 Å². The van der Waals surface area contributed by atoms with Crippen LogP contribution < -0.4 is 0 Å². The van der Waals surface area contributed by atoms with Gasteiger partial charge in [-0.2, -0.15) is 0 Å². The number of benzene rings is 1. The Hall–Kier alpha value is -0.600. The molecule has 1 aromatic rings. The lowest BCUT2D eigenvalue weighted by Gasteiger charge is -2.36. The minimum absolute atomic E-state index is 0.0179. The number of aliphatic hydroxyl groups excluding tert-OH is 1. The van der Waals surface area contributed by atoms with E-state index in [0.717, 1.165) is 24.3 Å². The van der Waals surface area contributed by atoms with Crippen LogP contribution in [0.2, 0.25) is 5.02 Å². The van der Waals surface area contributed by atoms with Gasteiger partial charge in [0.25, 0.3) is 0 Å². The summed E-state index contributed by atoms with van der Waals surface area (Å²) in [6.45, 7) is 0.239. The van der Waals surface area contributed by atoms with Crippen LogP contribution in [0.25, 0.3) is 0 Å². The van der Waals surface area contributed by atoms with Gasteiger partial charge in [0.1, 0.15) is 5.82 Å². The molecule has 98 valence electrons. The number of hydrogen-bond acceptors (Lipinski definition) is 1. The molecule has 1 nitrogen and oxygen atoms in total. The van der Waals surface area contributed by atoms with Crippen LogP contribution in [0, 0.1) is 23.1 Å². The molecule has 0 aromatic heterocycles. The van der Waals surface area contributed by atoms with E-state index >= 15 is 0 Å². The lowest BCUT2D eigenvalue weighted by Crippen LogP contribution is -2.34. The van der Waals surface area contributed by atoms with Gasteiger partial charge in [-0.25, -0.2) is 4.39 Å². The van der Waals surface area contributed by atoms with Gasteiger partial charge < -0.3 is 5.11 Å². The molecule has 0 saturated heterocycles. The first-order valence-electron chi connectivity index (χ1n) is 6.68. The summed E-state index contributed by atoms with van der Waals surface area (Å²) in [6.07, 6.45) is 5.75. The van der Waals surface area contributed by atoms with Gasteiger partial charge in [0, 0.05) is 12.0 Å². The summed E-state index contributed by atoms with van der Waals surface area (Å²) in [6, 6.07) is 4.93. The fourth-order valence-corrected chi connectivity index (χ4v) is 4.28. The quantitative estimate of drug-likeness (QED) is 0.884. The zero-order valence-corrected chi connectivity index (χ0v) is 11.1. The Morgan fingerprint density at radius 3 is 2.78 bits per heavy atom. The Kier molecular flexibility index (Phi) is 3.11. The molecule has 0 spiro atoms. The third kappa shape index (κ3) is 1.96. The summed E-state index contributed by atoms with van der Waals surface area (Å²) in [5, 5.41) is 10.0. The molecule has 0 radical (unpaired) electrons. The van der Waals surface area contributed by atoms with E-state index in [4.69, 9.17) is 11.6 Å². The van der Waals surface area contributed by atoms with E-state index in [2.05, 4.69) is 0 Å². The van der Waals surface area contributed by atoms with Crippen molar-refractivity contribution in [3.63, 3.8) is 0 Å². The molecular formula is C15H18ClFO. The number of hydrogen-bond donors (Lipinski definition) is 1. The second kappa shape index (κ2) is 4.50. The first kappa shape index (κ1) is 12.4. The molecule has 0 amide bonds. The maximum Gasteiger partial charge on any atom is 0.141 e. The van der Waals surface area contributed by atoms with E-state index in [1.165, 1.54) is 25.3 Å². The molecule has 2 fully saturated rings. The second-order valence-electron chi connectivity index (χ2n) is 6.03. The van der Waals surface area contributed by atoms with E-state index in [9.17, 15) is 9.50 Å². The van der Waals surface area contributed by atoms with Crippen molar-refractivity contribution >= 4 is 11.6 Å². The van der Waals surface area contributed by atoms with Gasteiger partial charge in [-0.15, -0.1) is 0 Å². The van der Waals surface area contributed by atoms with Crippen LogP contribution in [0.1, 0.15) is 31.2 Å². The molecule has 2 aliphatic rings. The minimum Gasteiger partial charge on any atom is -0.396 e. The lowest BCUT2D eigenvalue weighted by molar-refractivity contribution is 0.0651. The molecule has 0 aliphatic heterocycles. The van der Waals surface area contributed by atoms with Crippen molar-refractivity contribution in [1.29, 1.82) is 0 Å². The van der Waals surface area contributed by atoms with Crippen LogP contribution in [0.5, 0.6) is 0 Å². The molecule has 2 aliphatic carbocycles. The van der Waals surface area contributed by atoms with E-state index < -0.39 is 0 Å². The fourth-order valence-electron chi connectivity index (χ4n) is 4.08. The van der Waals surface area contributed by atoms with Crippen molar-refractivity contribution in [2.45, 2.75) is 32.1 Å². The van der Waals surface area contributed by atoms with Gasteiger partial charge in [0.05, 0.1) is 5.02 Å². The summed E-state index contributed by atoms with van der Waals surface area (Å²) >= 11 is 5.83. The zero-order chi connectivity index (χ0) is 12.8. The highest BCUT2D eigenvalue weighted by Gasteiger charge is 2.50. The molecule has 1 aromatic carbocycles. The van der Waals surface area contributed by atoms with E-state index in [-0.39, 0.29) is 22.9 Å². The number of aliphatic hydroxyl groups is 1. The Morgan fingerprint density at radius 2 is 2.22 bits per heavy atom. The largest absolute Gasteiger partial charge is 0.396 e. The average Bonchev–Trinajstić information content (AvgIpc) is 2.94. The second-order valence-corrected chi connectivity index (χ2v) is 6.43. The van der Waals surface area contributed by atoms with Gasteiger partial charge >= 0.3 is 0 Å². The topological polar surface area (TPSA) is 20.2 Å². The summed E-state index contributed by atoms with van der Waals surface area (Å²) in [5.41, 5.74) is 1.06. The normalized spacial score (nSPS) is 34.2. The van der Waals surface area contributed by atoms with Crippen LogP contribution in [0.15, 0.2) is 18.2 Å². The SMILES string of the molecule is OCC1(Cc2ccc(F)c(Cl)c2)CC2CCC1C2. The number of halogens is 2. The Morgan fingerprint density at radius 1 is 1.39 bits per heavy atom. The molecule has 18 heavy (non-hydrogen) atoms. The third-order valence-corrected chi connectivity index (χ3v) is 5.25. The van der Waals surface area contributed by atoms with Crippen molar-refractivity contribution in [2.75, 3.05) is 6.61 Å².